The van der Waals surface area contributed by atoms with Crippen LogP contribution in [0.15, 0.2) is 29.1 Å². The molecule has 0 aliphatic heterocycles. The summed E-state index contributed by atoms with van der Waals surface area (Å²) in [4.78, 5) is 47.7. The molecule has 26 heavy (non-hydrogen) atoms. The molecule has 0 unspecified atom stereocenters. The first-order valence-electron chi connectivity index (χ1n) is 8.11. The average molecular weight is 360 g/mol. The largest absolute Gasteiger partial charge is 0.451 e. The van der Waals surface area contributed by atoms with Crippen LogP contribution in [0.3, 0.4) is 0 Å². The number of benzene rings is 1. The normalized spacial score (nSPS) is 10.6. The van der Waals surface area contributed by atoms with Crippen molar-refractivity contribution in [3.8, 4) is 0 Å². The van der Waals surface area contributed by atoms with Crippen molar-refractivity contribution < 1.29 is 19.1 Å². The lowest BCUT2D eigenvalue weighted by atomic mass is 10.1. The van der Waals surface area contributed by atoms with Crippen LogP contribution >= 0.6 is 0 Å². The van der Waals surface area contributed by atoms with E-state index in [1.165, 1.54) is 4.68 Å². The summed E-state index contributed by atoms with van der Waals surface area (Å²) in [6.07, 6.45) is 0. The van der Waals surface area contributed by atoms with Gasteiger partial charge in [-0.15, -0.1) is 0 Å². The number of urea groups is 1. The van der Waals surface area contributed by atoms with Crippen LogP contribution in [0.4, 0.5) is 4.79 Å². The maximum Gasteiger partial charge on any atom is 0.359 e. The minimum absolute atomic E-state index is 0.0697. The molecule has 0 radical (unpaired) electrons. The lowest BCUT2D eigenvalue weighted by molar-refractivity contribution is -0.123. The van der Waals surface area contributed by atoms with Crippen molar-refractivity contribution in [2.24, 2.45) is 0 Å². The monoisotopic (exact) mass is 360 g/mol. The Bertz CT molecular complexity index is 904. The molecule has 0 fully saturated rings. The number of imide groups is 1. The van der Waals surface area contributed by atoms with Crippen LogP contribution in [0, 0.1) is 0 Å². The third-order valence-corrected chi connectivity index (χ3v) is 3.44. The maximum absolute atomic E-state index is 12.4. The lowest BCUT2D eigenvalue weighted by Gasteiger charge is -2.13. The molecule has 1 aromatic heterocycles. The van der Waals surface area contributed by atoms with Gasteiger partial charge in [-0.05, 0) is 26.8 Å². The summed E-state index contributed by atoms with van der Waals surface area (Å²) in [6, 6.07) is 5.59. The van der Waals surface area contributed by atoms with Crippen LogP contribution in [-0.4, -0.2) is 40.8 Å². The Hall–Kier alpha value is -3.23. The summed E-state index contributed by atoms with van der Waals surface area (Å²) in [5.74, 6) is -1.63. The van der Waals surface area contributed by atoms with E-state index < -0.39 is 24.5 Å². The van der Waals surface area contributed by atoms with E-state index in [2.05, 4.69) is 10.4 Å². The molecule has 0 aliphatic carbocycles. The van der Waals surface area contributed by atoms with Crippen molar-refractivity contribution in [1.29, 1.82) is 0 Å². The molecule has 1 heterocycles. The fourth-order valence-corrected chi connectivity index (χ4v) is 2.27. The fourth-order valence-electron chi connectivity index (χ4n) is 2.27. The first kappa shape index (κ1) is 19.1. The Balaban J connectivity index is 2.25. The van der Waals surface area contributed by atoms with Crippen LogP contribution < -0.4 is 16.2 Å². The van der Waals surface area contributed by atoms with Crippen molar-refractivity contribution in [2.45, 2.75) is 26.8 Å². The molecule has 0 aliphatic rings. The summed E-state index contributed by atoms with van der Waals surface area (Å²) in [7, 11) is 0. The predicted octanol–water partition coefficient (Wildman–Crippen LogP) is 0.980. The highest BCUT2D eigenvalue weighted by molar-refractivity contribution is 6.03. The topological polar surface area (TPSA) is 119 Å². The lowest BCUT2D eigenvalue weighted by Crippen LogP contribution is -2.41. The maximum atomic E-state index is 12.4. The minimum atomic E-state index is -0.860. The molecule has 9 nitrogen and oxygen atoms in total. The van der Waals surface area contributed by atoms with Crippen LogP contribution in [0.5, 0.6) is 0 Å². The van der Waals surface area contributed by atoms with Crippen LogP contribution in [0.1, 0.15) is 37.3 Å². The molecule has 0 bridgehead atoms. The summed E-state index contributed by atoms with van der Waals surface area (Å²) < 4.78 is 6.13. The summed E-state index contributed by atoms with van der Waals surface area (Å²) in [5.41, 5.74) is -0.388. The molecule has 138 valence electrons. The highest BCUT2D eigenvalue weighted by Crippen LogP contribution is 2.15. The van der Waals surface area contributed by atoms with Gasteiger partial charge in [-0.2, -0.15) is 5.10 Å². The quantitative estimate of drug-likeness (QED) is 0.767. The van der Waals surface area contributed by atoms with Crippen LogP contribution in [0.2, 0.25) is 0 Å². The Morgan fingerprint density at radius 2 is 1.85 bits per heavy atom. The summed E-state index contributed by atoms with van der Waals surface area (Å²) in [6.45, 7) is 4.93. The zero-order chi connectivity index (χ0) is 19.3. The molecule has 3 amide bonds. The third kappa shape index (κ3) is 4.24. The number of nitrogens with one attached hydrogen (secondary N) is 2. The van der Waals surface area contributed by atoms with E-state index in [-0.39, 0.29) is 17.3 Å². The molecule has 1 aromatic carbocycles. The van der Waals surface area contributed by atoms with Gasteiger partial charge in [0.2, 0.25) is 0 Å². The van der Waals surface area contributed by atoms with E-state index in [9.17, 15) is 19.2 Å². The highest BCUT2D eigenvalue weighted by atomic mass is 16.5. The molecule has 2 rings (SSSR count). The van der Waals surface area contributed by atoms with E-state index >= 15 is 0 Å². The minimum Gasteiger partial charge on any atom is -0.451 e. The average Bonchev–Trinajstić information content (AvgIpc) is 2.60. The van der Waals surface area contributed by atoms with Gasteiger partial charge in [0.25, 0.3) is 11.5 Å². The first-order chi connectivity index (χ1) is 12.3. The number of ether oxygens (including phenoxy) is 1. The van der Waals surface area contributed by atoms with Gasteiger partial charge in [0, 0.05) is 11.9 Å². The smallest absolute Gasteiger partial charge is 0.359 e. The zero-order valence-corrected chi connectivity index (χ0v) is 14.7. The van der Waals surface area contributed by atoms with E-state index in [0.717, 1.165) is 0 Å². The SMILES string of the molecule is CCNC(=O)NC(=O)COC(=O)c1nn(C(C)C)c(=O)c2ccccc12. The van der Waals surface area contributed by atoms with Gasteiger partial charge < -0.3 is 10.1 Å². The Morgan fingerprint density at radius 1 is 1.19 bits per heavy atom. The van der Waals surface area contributed by atoms with Gasteiger partial charge in [-0.1, -0.05) is 18.2 Å². The zero-order valence-electron chi connectivity index (χ0n) is 14.7. The van der Waals surface area contributed by atoms with Crippen molar-refractivity contribution in [2.75, 3.05) is 13.2 Å². The van der Waals surface area contributed by atoms with Crippen molar-refractivity contribution >= 4 is 28.7 Å². The second kappa shape index (κ2) is 8.24. The van der Waals surface area contributed by atoms with Crippen molar-refractivity contribution in [3.63, 3.8) is 0 Å². The van der Waals surface area contributed by atoms with Crippen molar-refractivity contribution in [1.82, 2.24) is 20.4 Å². The van der Waals surface area contributed by atoms with Crippen molar-refractivity contribution in [3.05, 3.63) is 40.3 Å². The van der Waals surface area contributed by atoms with Crippen LogP contribution in [0.25, 0.3) is 10.8 Å². The Kier molecular flexibility index (Phi) is 6.05. The second-order valence-electron chi connectivity index (χ2n) is 5.72. The predicted molar refractivity (Wildman–Crippen MR) is 93.9 cm³/mol. The number of rotatable bonds is 5. The summed E-state index contributed by atoms with van der Waals surface area (Å²) >= 11 is 0. The molecular formula is C17H20N4O5. The molecule has 0 saturated heterocycles. The molecular weight excluding hydrogens is 340 g/mol. The second-order valence-corrected chi connectivity index (χ2v) is 5.72. The number of hydrogen-bond donors (Lipinski definition) is 2. The summed E-state index contributed by atoms with van der Waals surface area (Å²) in [5, 5.41) is 9.16. The van der Waals surface area contributed by atoms with Crippen LogP contribution in [-0.2, 0) is 9.53 Å². The number of carbonyl (C=O) groups excluding carboxylic acids is 3. The van der Waals surface area contributed by atoms with Gasteiger partial charge in [-0.3, -0.25) is 14.9 Å². The molecule has 2 N–H and O–H groups in total. The highest BCUT2D eigenvalue weighted by Gasteiger charge is 2.20. The fraction of sp³-hybridized carbons (Fsp3) is 0.353. The molecule has 2 aromatic rings. The van der Waals surface area contributed by atoms with Gasteiger partial charge in [0.05, 0.1) is 11.4 Å². The van der Waals surface area contributed by atoms with E-state index in [4.69, 9.17) is 4.74 Å². The van der Waals surface area contributed by atoms with Gasteiger partial charge in [0.1, 0.15) is 0 Å². The van der Waals surface area contributed by atoms with E-state index in [0.29, 0.717) is 17.3 Å². The number of carbonyl (C=O) groups is 3. The van der Waals surface area contributed by atoms with Gasteiger partial charge in [0.15, 0.2) is 12.3 Å². The number of nitrogens with zero attached hydrogens (tertiary/aromatic N) is 2. The van der Waals surface area contributed by atoms with Gasteiger partial charge >= 0.3 is 12.0 Å². The molecule has 0 saturated carbocycles. The molecule has 9 heteroatoms. The standard InChI is InChI=1S/C17H20N4O5/c1-4-18-17(25)19-13(22)9-26-16(24)14-11-7-5-6-8-12(11)15(23)21(20-14)10(2)3/h5-8,10H,4,9H2,1-3H3,(H2,18,19,22,25). The Labute approximate surface area is 149 Å². The molecule has 0 spiro atoms. The number of amides is 3. The number of esters is 1. The molecule has 0 atom stereocenters. The van der Waals surface area contributed by atoms with E-state index in [1.54, 1.807) is 45.0 Å². The third-order valence-electron chi connectivity index (χ3n) is 3.44. The van der Waals surface area contributed by atoms with Gasteiger partial charge in [-0.25, -0.2) is 14.3 Å². The number of fused-ring (bicyclic) bond motifs is 1. The van der Waals surface area contributed by atoms with E-state index in [1.807, 2.05) is 5.32 Å². The first-order valence-corrected chi connectivity index (χ1v) is 8.11. The number of aromatic nitrogens is 2. The number of hydrogen-bond acceptors (Lipinski definition) is 6. The Morgan fingerprint density at radius 3 is 2.46 bits per heavy atom.